The van der Waals surface area contributed by atoms with E-state index in [1.807, 2.05) is 4.90 Å². The molecule has 0 N–H and O–H groups in total. The number of para-hydroxylation sites is 2. The highest BCUT2D eigenvalue weighted by Gasteiger charge is 2.50. The van der Waals surface area contributed by atoms with Crippen LogP contribution in [0.25, 0.3) is 11.1 Å². The molecule has 2 fully saturated rings. The van der Waals surface area contributed by atoms with Gasteiger partial charge in [-0.3, -0.25) is 14.2 Å². The van der Waals surface area contributed by atoms with Crippen LogP contribution >= 0.6 is 0 Å². The molecule has 2 aliphatic rings. The fourth-order valence-electron chi connectivity index (χ4n) is 5.32. The van der Waals surface area contributed by atoms with Gasteiger partial charge in [0.25, 0.3) is 5.91 Å². The van der Waals surface area contributed by atoms with E-state index in [4.69, 9.17) is 9.15 Å². The van der Waals surface area contributed by atoms with E-state index in [0.29, 0.717) is 17.6 Å². The third-order valence-corrected chi connectivity index (χ3v) is 5.95. The molecule has 150 valence electrons. The third kappa shape index (κ3) is 3.45. The number of hydrogen-bond donors (Lipinski definition) is 0. The van der Waals surface area contributed by atoms with Gasteiger partial charge in [0.15, 0.2) is 12.2 Å². The Morgan fingerprint density at radius 1 is 1.21 bits per heavy atom. The minimum atomic E-state index is -0.629. The van der Waals surface area contributed by atoms with Crippen LogP contribution in [-0.2, 0) is 20.9 Å². The first kappa shape index (κ1) is 18.8. The Kier molecular flexibility index (Phi) is 4.36. The zero-order valence-corrected chi connectivity index (χ0v) is 16.6. The Bertz CT molecular complexity index is 988. The lowest BCUT2D eigenvalue weighted by atomic mass is 9.65. The van der Waals surface area contributed by atoms with Crippen LogP contribution in [0.3, 0.4) is 0 Å². The van der Waals surface area contributed by atoms with Crippen LogP contribution in [0.2, 0.25) is 0 Å². The van der Waals surface area contributed by atoms with Crippen LogP contribution in [0.1, 0.15) is 40.0 Å². The van der Waals surface area contributed by atoms with Gasteiger partial charge >= 0.3 is 11.7 Å². The number of oxazole rings is 1. The molecule has 2 bridgehead atoms. The Hall–Kier alpha value is -2.57. The first-order valence-corrected chi connectivity index (χ1v) is 9.69. The number of fused-ring (bicyclic) bond motifs is 3. The quantitative estimate of drug-likeness (QED) is 0.755. The third-order valence-electron chi connectivity index (χ3n) is 5.95. The van der Waals surface area contributed by atoms with Crippen LogP contribution in [0.4, 0.5) is 0 Å². The number of carbonyl (C=O) groups is 2. The zero-order valence-electron chi connectivity index (χ0n) is 16.6. The summed E-state index contributed by atoms with van der Waals surface area (Å²) in [5.74, 6) is -1.41. The van der Waals surface area contributed by atoms with E-state index in [1.165, 1.54) is 4.57 Å². The van der Waals surface area contributed by atoms with Gasteiger partial charge in [0.1, 0.15) is 6.54 Å². The molecule has 7 heteroatoms. The molecular formula is C21H26N2O5. The monoisotopic (exact) mass is 386 g/mol. The second-order valence-electron chi connectivity index (χ2n) is 9.32. The van der Waals surface area contributed by atoms with Gasteiger partial charge in [0.2, 0.25) is 0 Å². The number of hydrogen-bond acceptors (Lipinski definition) is 5. The van der Waals surface area contributed by atoms with Crippen LogP contribution in [0.15, 0.2) is 33.5 Å². The van der Waals surface area contributed by atoms with Crippen molar-refractivity contribution in [1.82, 2.24) is 9.47 Å². The molecular weight excluding hydrogens is 360 g/mol. The van der Waals surface area contributed by atoms with Gasteiger partial charge in [-0.15, -0.1) is 0 Å². The molecule has 0 radical (unpaired) electrons. The lowest BCUT2D eigenvalue weighted by Gasteiger charge is -2.39. The smallest absolute Gasteiger partial charge is 0.420 e. The van der Waals surface area contributed by atoms with Crippen molar-refractivity contribution in [3.05, 3.63) is 34.8 Å². The van der Waals surface area contributed by atoms with Crippen molar-refractivity contribution in [3.63, 3.8) is 0 Å². The highest BCUT2D eigenvalue weighted by molar-refractivity contribution is 5.82. The second kappa shape index (κ2) is 6.50. The minimum Gasteiger partial charge on any atom is -0.454 e. The average Bonchev–Trinajstić information content (AvgIpc) is 3.05. The first-order valence-electron chi connectivity index (χ1n) is 9.69. The van der Waals surface area contributed by atoms with Gasteiger partial charge in [-0.2, -0.15) is 0 Å². The number of amides is 1. The van der Waals surface area contributed by atoms with Crippen molar-refractivity contribution < 1.29 is 18.7 Å². The Labute approximate surface area is 163 Å². The molecule has 0 unspecified atom stereocenters. The molecule has 1 saturated carbocycles. The molecule has 0 spiro atoms. The maximum absolute atomic E-state index is 12.7. The number of ether oxygens (including phenoxy) is 1. The number of carbonyl (C=O) groups excluding carboxylic acids is 2. The maximum atomic E-state index is 12.7. The van der Waals surface area contributed by atoms with Crippen LogP contribution in [0.5, 0.6) is 0 Å². The van der Waals surface area contributed by atoms with Crippen molar-refractivity contribution in [2.45, 2.75) is 52.6 Å². The summed E-state index contributed by atoms with van der Waals surface area (Å²) in [6, 6.07) is 7.08. The fraction of sp³-hybridized carbons (Fsp3) is 0.571. The lowest BCUT2D eigenvalue weighted by molar-refractivity contribution is -0.153. The van der Waals surface area contributed by atoms with Crippen LogP contribution in [-0.4, -0.2) is 40.5 Å². The lowest BCUT2D eigenvalue weighted by Crippen LogP contribution is -2.40. The Morgan fingerprint density at radius 3 is 2.75 bits per heavy atom. The molecule has 7 nitrogen and oxygen atoms in total. The molecule has 1 aliphatic heterocycles. The SMILES string of the molecule is CC1(C)C[C@@H]2C[C@@](C)(CN2C(=O)COC(=O)Cn2c(=O)oc3ccccc32)C1. The van der Waals surface area contributed by atoms with E-state index in [1.54, 1.807) is 24.3 Å². The van der Waals surface area contributed by atoms with Crippen LogP contribution in [0, 0.1) is 10.8 Å². The number of esters is 1. The number of aromatic nitrogens is 1. The first-order chi connectivity index (χ1) is 13.2. The normalized spacial score (nSPS) is 25.8. The van der Waals surface area contributed by atoms with Gasteiger partial charge in [-0.25, -0.2) is 4.79 Å². The van der Waals surface area contributed by atoms with Gasteiger partial charge < -0.3 is 14.1 Å². The fourth-order valence-corrected chi connectivity index (χ4v) is 5.32. The largest absolute Gasteiger partial charge is 0.454 e. The van der Waals surface area contributed by atoms with E-state index >= 15 is 0 Å². The minimum absolute atomic E-state index is 0.134. The van der Waals surface area contributed by atoms with E-state index in [-0.39, 0.29) is 35.9 Å². The van der Waals surface area contributed by atoms with E-state index in [2.05, 4.69) is 20.8 Å². The zero-order chi connectivity index (χ0) is 20.1. The second-order valence-corrected chi connectivity index (χ2v) is 9.32. The van der Waals surface area contributed by atoms with Crippen molar-refractivity contribution in [2.24, 2.45) is 10.8 Å². The number of likely N-dealkylation sites (tertiary alicyclic amines) is 1. The molecule has 2 atom stereocenters. The topological polar surface area (TPSA) is 81.8 Å². The number of rotatable bonds is 4. The number of benzene rings is 1. The highest BCUT2D eigenvalue weighted by atomic mass is 16.5. The standard InChI is InChI=1S/C21H26N2O5/c1-20(2)8-14-9-21(3,12-20)13-23(14)17(24)11-27-18(25)10-22-15-6-4-5-7-16(15)28-19(22)26/h4-7,14H,8-13H2,1-3H3/t14-,21-/m1/s1. The van der Waals surface area contributed by atoms with Gasteiger partial charge in [-0.05, 0) is 42.2 Å². The number of nitrogens with zero attached hydrogens (tertiary/aromatic N) is 2. The molecule has 1 amide bonds. The maximum Gasteiger partial charge on any atom is 0.420 e. The van der Waals surface area contributed by atoms with Gasteiger partial charge in [0, 0.05) is 12.6 Å². The molecule has 1 saturated heterocycles. The van der Waals surface area contributed by atoms with E-state index in [0.717, 1.165) is 19.3 Å². The van der Waals surface area contributed by atoms with E-state index in [9.17, 15) is 14.4 Å². The molecule has 2 heterocycles. The Morgan fingerprint density at radius 2 is 1.96 bits per heavy atom. The van der Waals surface area contributed by atoms with Crippen molar-refractivity contribution >= 4 is 23.0 Å². The highest BCUT2D eigenvalue weighted by Crippen LogP contribution is 2.52. The van der Waals surface area contributed by atoms with Gasteiger partial charge in [0.05, 0.1) is 5.52 Å². The predicted molar refractivity (Wildman–Crippen MR) is 103 cm³/mol. The summed E-state index contributed by atoms with van der Waals surface area (Å²) < 4.78 is 11.5. The van der Waals surface area contributed by atoms with E-state index < -0.39 is 11.7 Å². The summed E-state index contributed by atoms with van der Waals surface area (Å²) in [6.07, 6.45) is 3.07. The van der Waals surface area contributed by atoms with Gasteiger partial charge in [-0.1, -0.05) is 32.9 Å². The summed E-state index contributed by atoms with van der Waals surface area (Å²) in [6.45, 7) is 6.87. The van der Waals surface area contributed by atoms with Crippen LogP contribution < -0.4 is 5.76 Å². The molecule has 1 aromatic heterocycles. The summed E-state index contributed by atoms with van der Waals surface area (Å²) in [5, 5.41) is 0. The summed E-state index contributed by atoms with van der Waals surface area (Å²) in [7, 11) is 0. The summed E-state index contributed by atoms with van der Waals surface area (Å²) in [5.41, 5.74) is 1.29. The molecule has 1 aliphatic carbocycles. The van der Waals surface area contributed by atoms with Crippen molar-refractivity contribution in [1.29, 1.82) is 0 Å². The molecule has 28 heavy (non-hydrogen) atoms. The average molecular weight is 386 g/mol. The summed E-state index contributed by atoms with van der Waals surface area (Å²) in [4.78, 5) is 38.7. The predicted octanol–water partition coefficient (Wildman–Crippen LogP) is 2.56. The van der Waals surface area contributed by atoms with Crippen molar-refractivity contribution in [2.75, 3.05) is 13.2 Å². The molecule has 2 aromatic rings. The van der Waals surface area contributed by atoms with Crippen molar-refractivity contribution in [3.8, 4) is 0 Å². The Balaban J connectivity index is 1.38. The molecule has 1 aromatic carbocycles. The summed E-state index contributed by atoms with van der Waals surface area (Å²) >= 11 is 0. The molecule has 4 rings (SSSR count).